The molecule has 0 aliphatic heterocycles. The van der Waals surface area contributed by atoms with Gasteiger partial charge < -0.3 is 8.83 Å². The van der Waals surface area contributed by atoms with Crippen LogP contribution in [0.3, 0.4) is 0 Å². The van der Waals surface area contributed by atoms with Crippen LogP contribution in [-0.4, -0.2) is 4.98 Å². The highest BCUT2D eigenvalue weighted by atomic mass is 16.3. The number of fused-ring (bicyclic) bond motifs is 10. The number of furan rings is 2. The van der Waals surface area contributed by atoms with Gasteiger partial charge >= 0.3 is 0 Å². The van der Waals surface area contributed by atoms with Crippen molar-refractivity contribution in [2.24, 2.45) is 0 Å². The van der Waals surface area contributed by atoms with Crippen LogP contribution in [0.5, 0.6) is 0 Å². The number of hydrogen-bond donors (Lipinski definition) is 0. The zero-order chi connectivity index (χ0) is 31.8. The molecule has 3 nitrogen and oxygen atoms in total. The lowest BCUT2D eigenvalue weighted by atomic mass is 9.84. The molecule has 3 heterocycles. The number of aromatic nitrogens is 1. The second kappa shape index (κ2) is 10.5. The van der Waals surface area contributed by atoms with Crippen LogP contribution >= 0.6 is 0 Å². The van der Waals surface area contributed by atoms with E-state index in [1.165, 1.54) is 38.9 Å². The molecule has 0 amide bonds. The minimum absolute atomic E-state index is 0.140. The van der Waals surface area contributed by atoms with E-state index in [0.717, 1.165) is 73.7 Å². The molecule has 0 N–H and O–H groups in total. The van der Waals surface area contributed by atoms with Gasteiger partial charge in [-0.2, -0.15) is 0 Å². The fraction of sp³-hybridized carbons (Fsp3) is 0.0889. The minimum atomic E-state index is 0.140. The summed E-state index contributed by atoms with van der Waals surface area (Å²) in [5.41, 5.74) is 15.6. The summed E-state index contributed by atoms with van der Waals surface area (Å²) in [7, 11) is 0. The normalized spacial score (nSPS) is 14.4. The third-order valence-electron chi connectivity index (χ3n) is 10.3. The first kappa shape index (κ1) is 27.2. The molecule has 1 aliphatic rings. The van der Waals surface area contributed by atoms with Crippen molar-refractivity contribution >= 4 is 43.9 Å². The van der Waals surface area contributed by atoms with Crippen LogP contribution in [0.25, 0.3) is 77.4 Å². The molecule has 3 aromatic heterocycles. The van der Waals surface area contributed by atoms with Crippen molar-refractivity contribution in [3.05, 3.63) is 162 Å². The van der Waals surface area contributed by atoms with Crippen molar-refractivity contribution in [2.45, 2.75) is 25.7 Å². The van der Waals surface area contributed by atoms with E-state index in [1.54, 1.807) is 0 Å². The molecule has 0 saturated carbocycles. The first-order chi connectivity index (χ1) is 23.7. The molecule has 0 spiro atoms. The molecule has 0 radical (unpaired) electrons. The Morgan fingerprint density at radius 2 is 1.21 bits per heavy atom. The highest BCUT2D eigenvalue weighted by molar-refractivity contribution is 6.28. The summed E-state index contributed by atoms with van der Waals surface area (Å²) in [4.78, 5) is 5.66. The predicted molar refractivity (Wildman–Crippen MR) is 196 cm³/mol. The summed E-state index contributed by atoms with van der Waals surface area (Å²) >= 11 is 0. The van der Waals surface area contributed by atoms with Crippen molar-refractivity contribution in [1.29, 1.82) is 0 Å². The Hall–Kier alpha value is -5.93. The van der Waals surface area contributed by atoms with Gasteiger partial charge in [-0.1, -0.05) is 109 Å². The van der Waals surface area contributed by atoms with Gasteiger partial charge in [-0.15, -0.1) is 0 Å². The largest absolute Gasteiger partial charge is 0.456 e. The van der Waals surface area contributed by atoms with Gasteiger partial charge in [0.25, 0.3) is 0 Å². The summed E-state index contributed by atoms with van der Waals surface area (Å²) in [6.45, 7) is 2.25. The molecule has 1 unspecified atom stereocenters. The van der Waals surface area contributed by atoms with E-state index in [9.17, 15) is 0 Å². The van der Waals surface area contributed by atoms with E-state index in [1.807, 2.05) is 24.3 Å². The lowest BCUT2D eigenvalue weighted by Gasteiger charge is -2.23. The van der Waals surface area contributed by atoms with Crippen LogP contribution < -0.4 is 0 Å². The molecule has 9 aromatic rings. The zero-order valence-electron chi connectivity index (χ0n) is 26.5. The number of para-hydroxylation sites is 1. The van der Waals surface area contributed by atoms with Crippen LogP contribution in [0.1, 0.15) is 34.7 Å². The third kappa shape index (κ3) is 4.04. The van der Waals surface area contributed by atoms with Crippen molar-refractivity contribution in [3.8, 4) is 33.5 Å². The van der Waals surface area contributed by atoms with Gasteiger partial charge in [0.1, 0.15) is 22.3 Å². The number of rotatable bonds is 3. The summed E-state index contributed by atoms with van der Waals surface area (Å²) < 4.78 is 12.9. The van der Waals surface area contributed by atoms with E-state index in [-0.39, 0.29) is 5.92 Å². The van der Waals surface area contributed by atoms with Crippen LogP contribution in [0.4, 0.5) is 0 Å². The van der Waals surface area contributed by atoms with Crippen LogP contribution in [0.15, 0.2) is 148 Å². The van der Waals surface area contributed by atoms with Gasteiger partial charge in [-0.3, -0.25) is 4.98 Å². The lowest BCUT2D eigenvalue weighted by molar-refractivity contribution is 0.663. The van der Waals surface area contributed by atoms with Gasteiger partial charge in [0.15, 0.2) is 0 Å². The van der Waals surface area contributed by atoms with E-state index in [4.69, 9.17) is 13.8 Å². The number of nitrogens with zero attached hydrogens (tertiary/aromatic N) is 1. The Morgan fingerprint density at radius 1 is 0.542 bits per heavy atom. The minimum Gasteiger partial charge on any atom is -0.456 e. The van der Waals surface area contributed by atoms with Gasteiger partial charge in [-0.25, -0.2) is 0 Å². The average Bonchev–Trinajstić information content (AvgIpc) is 3.66. The van der Waals surface area contributed by atoms with Crippen molar-refractivity contribution in [3.63, 3.8) is 0 Å². The molecule has 0 fully saturated rings. The first-order valence-corrected chi connectivity index (χ1v) is 16.7. The maximum atomic E-state index is 6.56. The van der Waals surface area contributed by atoms with Gasteiger partial charge in [0.2, 0.25) is 0 Å². The van der Waals surface area contributed by atoms with Gasteiger partial charge in [-0.05, 0) is 89.0 Å². The first-order valence-electron chi connectivity index (χ1n) is 16.7. The summed E-state index contributed by atoms with van der Waals surface area (Å²) in [5.74, 6) is 0.140. The molecular formula is C45H31NO2. The fourth-order valence-electron chi connectivity index (χ4n) is 8.15. The molecule has 1 aliphatic carbocycles. The van der Waals surface area contributed by atoms with E-state index in [2.05, 4.69) is 122 Å². The smallest absolute Gasteiger partial charge is 0.136 e. The van der Waals surface area contributed by atoms with Crippen molar-refractivity contribution in [2.75, 3.05) is 0 Å². The fourth-order valence-corrected chi connectivity index (χ4v) is 8.15. The monoisotopic (exact) mass is 617 g/mol. The van der Waals surface area contributed by atoms with Crippen LogP contribution in [0, 0.1) is 6.92 Å². The third-order valence-corrected chi connectivity index (χ3v) is 10.3. The van der Waals surface area contributed by atoms with Crippen LogP contribution in [-0.2, 0) is 6.42 Å². The van der Waals surface area contributed by atoms with E-state index >= 15 is 0 Å². The maximum Gasteiger partial charge on any atom is 0.136 e. The highest BCUT2D eigenvalue weighted by Gasteiger charge is 2.28. The molecule has 10 rings (SSSR count). The summed E-state index contributed by atoms with van der Waals surface area (Å²) in [6, 6.07) is 49.5. The topological polar surface area (TPSA) is 39.2 Å². The molecule has 48 heavy (non-hydrogen) atoms. The Balaban J connectivity index is 1.28. The number of pyridine rings is 1. The zero-order valence-corrected chi connectivity index (χ0v) is 26.5. The molecule has 6 aromatic carbocycles. The number of benzene rings is 6. The maximum absolute atomic E-state index is 6.56. The second-order valence-electron chi connectivity index (χ2n) is 13.0. The summed E-state index contributed by atoms with van der Waals surface area (Å²) in [6.07, 6.45) is 1.98. The Labute approximate surface area is 278 Å². The van der Waals surface area contributed by atoms with Gasteiger partial charge in [0.05, 0.1) is 11.4 Å². The molecule has 1 atom stereocenters. The Bertz CT molecular complexity index is 2700. The number of hydrogen-bond acceptors (Lipinski definition) is 3. The quantitative estimate of drug-likeness (QED) is 0.198. The van der Waals surface area contributed by atoms with Crippen molar-refractivity contribution < 1.29 is 8.83 Å². The van der Waals surface area contributed by atoms with Gasteiger partial charge in [0, 0.05) is 33.0 Å². The lowest BCUT2D eigenvalue weighted by Crippen LogP contribution is -2.09. The standard InChI is InChI=1S/C45H31NO2/c1-27-36(28-12-3-2-4-13-28)26-37(46-45(27)33-23-22-29-14-5-6-15-30(29)31-16-7-8-17-32(31)33)34-19-11-21-39-42(34)44-41(48-39)25-24-40-43(44)35-18-9-10-20-38(35)47-40/h2-21,24-26,33H,22-23H2,1H3. The molecule has 0 saturated heterocycles. The molecule has 0 bridgehead atoms. The van der Waals surface area contributed by atoms with Crippen LogP contribution in [0.2, 0.25) is 0 Å². The highest BCUT2D eigenvalue weighted by Crippen LogP contribution is 2.46. The molecule has 228 valence electrons. The molecular weight excluding hydrogens is 587 g/mol. The van der Waals surface area contributed by atoms with Crippen molar-refractivity contribution in [1.82, 2.24) is 4.98 Å². The Morgan fingerprint density at radius 3 is 2.10 bits per heavy atom. The Kier molecular flexibility index (Phi) is 5.98. The van der Waals surface area contributed by atoms with E-state index < -0.39 is 0 Å². The van der Waals surface area contributed by atoms with E-state index in [0.29, 0.717) is 0 Å². The SMILES string of the molecule is Cc1c(-c2ccccc2)cc(-c2cccc3oc4ccc5oc6ccccc6c5c4c23)nc1C1CCc2ccccc2-c2ccccc21. The predicted octanol–water partition coefficient (Wildman–Crippen LogP) is 12.3. The molecule has 3 heteroatoms. The number of aryl methyl sites for hydroxylation is 1. The second-order valence-corrected chi connectivity index (χ2v) is 13.0. The summed E-state index contributed by atoms with van der Waals surface area (Å²) in [5, 5.41) is 4.32. The average molecular weight is 618 g/mol.